The quantitative estimate of drug-likeness (QED) is 0.606. The summed E-state index contributed by atoms with van der Waals surface area (Å²) < 4.78 is 11.5. The monoisotopic (exact) mass is 432 g/mol. The van der Waals surface area contributed by atoms with Crippen LogP contribution in [0.5, 0.6) is 11.5 Å². The minimum Gasteiger partial charge on any atom is -0.486 e. The molecule has 3 heterocycles. The maximum atomic E-state index is 6.03. The van der Waals surface area contributed by atoms with Crippen molar-refractivity contribution in [3.05, 3.63) is 59.4 Å². The number of fused-ring (bicyclic) bond motifs is 1. The summed E-state index contributed by atoms with van der Waals surface area (Å²) >= 11 is 0. The van der Waals surface area contributed by atoms with Crippen molar-refractivity contribution in [1.29, 1.82) is 0 Å². The number of hydrogen-bond acceptors (Lipinski definition) is 8. The molecule has 1 atom stereocenters. The zero-order chi connectivity index (χ0) is 21.9. The molecule has 1 fully saturated rings. The molecule has 3 N–H and O–H groups in total. The van der Waals surface area contributed by atoms with Crippen LogP contribution in [0.25, 0.3) is 0 Å². The van der Waals surface area contributed by atoms with Crippen LogP contribution in [0.2, 0.25) is 0 Å². The predicted molar refractivity (Wildman–Crippen MR) is 123 cm³/mol. The number of aromatic nitrogens is 3. The number of anilines is 3. The predicted octanol–water partition coefficient (Wildman–Crippen LogP) is 3.87. The van der Waals surface area contributed by atoms with Gasteiger partial charge in [-0.2, -0.15) is 15.0 Å². The molecule has 166 valence electrons. The van der Waals surface area contributed by atoms with Gasteiger partial charge in [0.2, 0.25) is 11.9 Å². The van der Waals surface area contributed by atoms with E-state index in [4.69, 9.17) is 15.2 Å². The van der Waals surface area contributed by atoms with E-state index in [9.17, 15) is 0 Å². The molecule has 0 bridgehead atoms. The lowest BCUT2D eigenvalue weighted by Crippen LogP contribution is -2.25. The van der Waals surface area contributed by atoms with E-state index in [1.165, 1.54) is 11.1 Å². The molecule has 0 amide bonds. The van der Waals surface area contributed by atoms with Crippen LogP contribution < -0.4 is 20.5 Å². The Kier molecular flexibility index (Phi) is 5.77. The molecule has 0 unspecified atom stereocenters. The van der Waals surface area contributed by atoms with Crippen molar-refractivity contribution < 1.29 is 9.47 Å². The number of hydrogen-bond donors (Lipinski definition) is 2. The number of rotatable bonds is 6. The van der Waals surface area contributed by atoms with Crippen molar-refractivity contribution in [2.45, 2.75) is 38.8 Å². The Morgan fingerprint density at radius 1 is 1.06 bits per heavy atom. The Morgan fingerprint density at radius 2 is 1.91 bits per heavy atom. The molecule has 32 heavy (non-hydrogen) atoms. The molecule has 1 saturated heterocycles. The van der Waals surface area contributed by atoms with Gasteiger partial charge >= 0.3 is 0 Å². The van der Waals surface area contributed by atoms with Crippen LogP contribution in [0, 0.1) is 0 Å². The maximum absolute atomic E-state index is 6.03. The molecule has 8 heteroatoms. The molecular formula is C24H28N6O2. The average Bonchev–Trinajstić information content (AvgIpc) is 3.27. The normalized spacial score (nSPS) is 18.0. The molecule has 2 aromatic carbocycles. The van der Waals surface area contributed by atoms with Gasteiger partial charge in [-0.15, -0.1) is 0 Å². The zero-order valence-corrected chi connectivity index (χ0v) is 18.3. The summed E-state index contributed by atoms with van der Waals surface area (Å²) in [6, 6.07) is 14.7. The van der Waals surface area contributed by atoms with Gasteiger partial charge in [-0.25, -0.2) is 0 Å². The molecule has 3 aromatic rings. The lowest BCUT2D eigenvalue weighted by atomic mass is 10.0. The van der Waals surface area contributed by atoms with Crippen LogP contribution in [0.1, 0.15) is 42.8 Å². The van der Waals surface area contributed by atoms with Gasteiger partial charge < -0.3 is 20.5 Å². The van der Waals surface area contributed by atoms with Gasteiger partial charge in [0.1, 0.15) is 19.0 Å². The topological polar surface area (TPSA) is 98.4 Å². The molecule has 5 rings (SSSR count). The largest absolute Gasteiger partial charge is 0.486 e. The van der Waals surface area contributed by atoms with E-state index in [0.717, 1.165) is 43.0 Å². The number of para-hydroxylation sites is 1. The summed E-state index contributed by atoms with van der Waals surface area (Å²) in [4.78, 5) is 15.8. The van der Waals surface area contributed by atoms with E-state index in [-0.39, 0.29) is 12.0 Å². The fourth-order valence-electron chi connectivity index (χ4n) is 4.48. The minimum absolute atomic E-state index is 0.224. The third-order valence-electron chi connectivity index (χ3n) is 6.00. The third-order valence-corrected chi connectivity index (χ3v) is 6.00. The van der Waals surface area contributed by atoms with Crippen LogP contribution in [-0.4, -0.2) is 39.6 Å². The maximum Gasteiger partial charge on any atom is 0.232 e. The molecule has 1 aromatic heterocycles. The summed E-state index contributed by atoms with van der Waals surface area (Å²) in [6.45, 7) is 4.90. The van der Waals surface area contributed by atoms with E-state index in [1.807, 2.05) is 24.3 Å². The van der Waals surface area contributed by atoms with Crippen LogP contribution in [0.3, 0.4) is 0 Å². The fourth-order valence-corrected chi connectivity index (χ4v) is 4.48. The first-order chi connectivity index (χ1) is 15.7. The second-order valence-corrected chi connectivity index (χ2v) is 8.10. The van der Waals surface area contributed by atoms with Gasteiger partial charge in [0.25, 0.3) is 0 Å². The molecule has 8 nitrogen and oxygen atoms in total. The number of ether oxygens (including phenoxy) is 2. The minimum atomic E-state index is 0.224. The molecule has 0 spiro atoms. The van der Waals surface area contributed by atoms with Crippen molar-refractivity contribution in [1.82, 2.24) is 19.9 Å². The Hall–Kier alpha value is -3.39. The highest BCUT2D eigenvalue weighted by Crippen LogP contribution is 2.38. The van der Waals surface area contributed by atoms with E-state index in [0.29, 0.717) is 31.5 Å². The second-order valence-electron chi connectivity index (χ2n) is 8.10. The Morgan fingerprint density at radius 3 is 2.78 bits per heavy atom. The summed E-state index contributed by atoms with van der Waals surface area (Å²) in [5, 5.41) is 3.32. The van der Waals surface area contributed by atoms with Gasteiger partial charge in [-0.05, 0) is 55.1 Å². The van der Waals surface area contributed by atoms with Crippen molar-refractivity contribution >= 4 is 17.6 Å². The van der Waals surface area contributed by atoms with Crippen LogP contribution in [0.15, 0.2) is 42.5 Å². The van der Waals surface area contributed by atoms with Gasteiger partial charge in [0, 0.05) is 11.7 Å². The molecule has 0 aliphatic carbocycles. The number of aryl methyl sites for hydroxylation is 1. The first-order valence-corrected chi connectivity index (χ1v) is 11.2. The summed E-state index contributed by atoms with van der Waals surface area (Å²) in [6.07, 6.45) is 3.12. The number of nitrogen functional groups attached to an aromatic ring is 1. The van der Waals surface area contributed by atoms with Crippen molar-refractivity contribution in [3.8, 4) is 11.5 Å². The summed E-state index contributed by atoms with van der Waals surface area (Å²) in [5.74, 6) is 3.01. The number of nitrogens with one attached hydrogen (secondary N) is 1. The zero-order valence-electron chi connectivity index (χ0n) is 18.3. The first kappa shape index (κ1) is 20.5. The van der Waals surface area contributed by atoms with E-state index < -0.39 is 0 Å². The van der Waals surface area contributed by atoms with Gasteiger partial charge in [0.05, 0.1) is 6.54 Å². The number of nitrogens with two attached hydrogens (primary N) is 1. The molecule has 0 saturated carbocycles. The summed E-state index contributed by atoms with van der Waals surface area (Å²) in [5.41, 5.74) is 9.44. The number of benzene rings is 2. The van der Waals surface area contributed by atoms with Gasteiger partial charge in [0.15, 0.2) is 11.5 Å². The fraction of sp³-hybridized carbons (Fsp3) is 0.375. The van der Waals surface area contributed by atoms with E-state index >= 15 is 0 Å². The SMILES string of the molecule is CCc1ccccc1Nc1nc(N)nc(CN2CCC[C@@H]2c2ccc3c(c2)OCCO3)n1. The van der Waals surface area contributed by atoms with E-state index in [2.05, 4.69) is 50.3 Å². The lowest BCUT2D eigenvalue weighted by Gasteiger charge is -2.26. The standard InChI is InChI=1S/C24H28N6O2/c1-2-16-6-3-4-7-18(16)26-24-28-22(27-23(25)29-24)15-30-11-5-8-19(30)17-9-10-20-21(14-17)32-13-12-31-20/h3-4,6-7,9-10,14,19H,2,5,8,11-13,15H2,1H3,(H3,25,26,27,28,29)/t19-/m1/s1. The van der Waals surface area contributed by atoms with Gasteiger partial charge in [-0.1, -0.05) is 31.2 Å². The highest BCUT2D eigenvalue weighted by Gasteiger charge is 2.28. The van der Waals surface area contributed by atoms with Crippen LogP contribution in [-0.2, 0) is 13.0 Å². The number of nitrogens with zero attached hydrogens (tertiary/aromatic N) is 4. The molecule has 0 radical (unpaired) electrons. The Bertz CT molecular complexity index is 1110. The van der Waals surface area contributed by atoms with Crippen molar-refractivity contribution in [2.24, 2.45) is 0 Å². The van der Waals surface area contributed by atoms with Crippen LogP contribution in [0.4, 0.5) is 17.6 Å². The molecule has 2 aliphatic heterocycles. The number of likely N-dealkylation sites (tertiary alicyclic amines) is 1. The third kappa shape index (κ3) is 4.31. The average molecular weight is 433 g/mol. The van der Waals surface area contributed by atoms with Crippen molar-refractivity contribution in [2.75, 3.05) is 30.8 Å². The highest BCUT2D eigenvalue weighted by atomic mass is 16.6. The highest BCUT2D eigenvalue weighted by molar-refractivity contribution is 5.58. The smallest absolute Gasteiger partial charge is 0.232 e. The Balaban J connectivity index is 1.35. The molecule has 2 aliphatic rings. The lowest BCUT2D eigenvalue weighted by molar-refractivity contribution is 0.170. The van der Waals surface area contributed by atoms with Crippen molar-refractivity contribution in [3.63, 3.8) is 0 Å². The van der Waals surface area contributed by atoms with E-state index in [1.54, 1.807) is 0 Å². The van der Waals surface area contributed by atoms with Crippen LogP contribution >= 0.6 is 0 Å². The Labute approximate surface area is 187 Å². The summed E-state index contributed by atoms with van der Waals surface area (Å²) in [7, 11) is 0. The first-order valence-electron chi connectivity index (χ1n) is 11.2. The second kappa shape index (κ2) is 9.00. The molecular weight excluding hydrogens is 404 g/mol. The van der Waals surface area contributed by atoms with Gasteiger partial charge in [-0.3, -0.25) is 4.90 Å².